The number of aromatic nitrogens is 2. The number of rotatable bonds is 21. The van der Waals surface area contributed by atoms with E-state index in [4.69, 9.17) is 10.8 Å². The number of aliphatic carboxylic acids is 2. The van der Waals surface area contributed by atoms with Crippen molar-refractivity contribution in [2.75, 3.05) is 19.8 Å². The molecule has 0 radical (unpaired) electrons. The monoisotopic (exact) mass is 719 g/mol. The van der Waals surface area contributed by atoms with Crippen LogP contribution in [0.2, 0.25) is 0 Å². The van der Waals surface area contributed by atoms with Gasteiger partial charge in [-0.1, -0.05) is 30.3 Å². The van der Waals surface area contributed by atoms with Crippen LogP contribution in [-0.4, -0.2) is 134 Å². The Balaban J connectivity index is 2.22. The number of hydrogen-bond donors (Lipinski definition) is 12. The number of amides is 6. The van der Waals surface area contributed by atoms with Crippen molar-refractivity contribution in [3.05, 3.63) is 54.1 Å². The van der Waals surface area contributed by atoms with E-state index < -0.39 is 110 Å². The van der Waals surface area contributed by atoms with Crippen molar-refractivity contribution in [3.8, 4) is 0 Å². The summed E-state index contributed by atoms with van der Waals surface area (Å²) in [5.41, 5.74) is 6.12. The van der Waals surface area contributed by atoms with Gasteiger partial charge in [-0.15, -0.1) is 0 Å². The van der Waals surface area contributed by atoms with Crippen molar-refractivity contribution in [2.45, 2.75) is 62.4 Å². The molecule has 0 aliphatic heterocycles. The van der Waals surface area contributed by atoms with Crippen LogP contribution in [0.3, 0.4) is 0 Å². The summed E-state index contributed by atoms with van der Waals surface area (Å²) in [6.07, 6.45) is 1.43. The Labute approximate surface area is 290 Å². The molecule has 2 aromatic rings. The highest BCUT2D eigenvalue weighted by molar-refractivity contribution is 5.97. The summed E-state index contributed by atoms with van der Waals surface area (Å²) in [5, 5.41) is 51.3. The lowest BCUT2D eigenvalue weighted by molar-refractivity contribution is -0.143. The molecule has 21 nitrogen and oxygen atoms in total. The second kappa shape index (κ2) is 20.6. The molecule has 0 aliphatic carbocycles. The number of aliphatic hydroxyl groups excluding tert-OH is 2. The molecule has 21 heteroatoms. The SMILES string of the molecule is C[C@H](NC(=O)[C@H](CC(=O)O)NC(=O)CN)C(=O)N[C@@H](Cc1cnc[nH]1)C(=O)N[C@@H](CO)C(=O)N[C@@H](Cc1ccccc1)C(=O)N[C@@H](CO)C(=O)O. The number of nitrogens with one attached hydrogen (secondary N) is 7. The van der Waals surface area contributed by atoms with E-state index in [-0.39, 0.29) is 12.8 Å². The lowest BCUT2D eigenvalue weighted by Crippen LogP contribution is -2.60. The van der Waals surface area contributed by atoms with Crippen LogP contribution >= 0.6 is 0 Å². The molecule has 278 valence electrons. The zero-order valence-electron chi connectivity index (χ0n) is 27.3. The Kier molecular flexibility index (Phi) is 16.6. The first-order valence-corrected chi connectivity index (χ1v) is 15.4. The first-order valence-electron chi connectivity index (χ1n) is 15.4. The van der Waals surface area contributed by atoms with Crippen molar-refractivity contribution in [1.82, 2.24) is 41.9 Å². The number of benzene rings is 1. The number of aliphatic hydroxyl groups is 2. The Morgan fingerprint density at radius 1 is 0.706 bits per heavy atom. The van der Waals surface area contributed by atoms with Crippen LogP contribution in [0.15, 0.2) is 42.9 Å². The first kappa shape index (κ1) is 41.2. The minimum Gasteiger partial charge on any atom is -0.481 e. The summed E-state index contributed by atoms with van der Waals surface area (Å²) in [4.78, 5) is 106. The second-order valence-corrected chi connectivity index (χ2v) is 11.1. The quantitative estimate of drug-likeness (QED) is 0.0573. The van der Waals surface area contributed by atoms with E-state index in [1.54, 1.807) is 30.3 Å². The van der Waals surface area contributed by atoms with Crippen LogP contribution in [0.1, 0.15) is 24.6 Å². The molecule has 1 aromatic heterocycles. The fourth-order valence-electron chi connectivity index (χ4n) is 4.39. The van der Waals surface area contributed by atoms with Gasteiger partial charge >= 0.3 is 11.9 Å². The summed E-state index contributed by atoms with van der Waals surface area (Å²) in [6, 6.07) is -0.954. The van der Waals surface area contributed by atoms with E-state index in [1.807, 2.05) is 0 Å². The summed E-state index contributed by atoms with van der Waals surface area (Å²) < 4.78 is 0. The van der Waals surface area contributed by atoms with Gasteiger partial charge in [0.15, 0.2) is 0 Å². The molecule has 0 aliphatic rings. The van der Waals surface area contributed by atoms with Gasteiger partial charge in [0.2, 0.25) is 35.4 Å². The molecular weight excluding hydrogens is 678 g/mol. The van der Waals surface area contributed by atoms with Crippen LogP contribution in [-0.2, 0) is 51.2 Å². The minimum absolute atomic E-state index is 0.145. The molecule has 0 bridgehead atoms. The molecule has 6 atom stereocenters. The number of carbonyl (C=O) groups excluding carboxylic acids is 6. The maximum absolute atomic E-state index is 13.4. The van der Waals surface area contributed by atoms with Gasteiger partial charge < -0.3 is 63.0 Å². The van der Waals surface area contributed by atoms with E-state index >= 15 is 0 Å². The number of aromatic amines is 1. The Hall–Kier alpha value is -5.93. The third kappa shape index (κ3) is 13.8. The molecule has 1 heterocycles. The largest absolute Gasteiger partial charge is 0.481 e. The molecule has 0 saturated heterocycles. The maximum Gasteiger partial charge on any atom is 0.328 e. The van der Waals surface area contributed by atoms with Crippen LogP contribution in [0.25, 0.3) is 0 Å². The Morgan fingerprint density at radius 2 is 1.24 bits per heavy atom. The zero-order valence-corrected chi connectivity index (χ0v) is 27.3. The third-order valence-electron chi connectivity index (χ3n) is 7.11. The van der Waals surface area contributed by atoms with Crippen LogP contribution in [0.4, 0.5) is 0 Å². The number of carboxylic acid groups (broad SMARTS) is 2. The molecule has 6 amide bonds. The number of carboxylic acids is 2. The van der Waals surface area contributed by atoms with E-state index in [0.717, 1.165) is 0 Å². The standard InChI is InChI=1S/C30H41N9O12/c1-15(34-26(46)20(9-24(43)44)35-23(42)10-31)25(45)36-19(8-17-11-32-14-33-17)28(48)38-21(12-40)29(49)37-18(7-16-5-3-2-4-6-16)27(47)39-22(13-41)30(50)51/h2-6,11,14-15,18-22,40-41H,7-10,12-13,31H2,1H3,(H,32,33)(H,34,46)(H,35,42)(H,36,45)(H,37,49)(H,38,48)(H,39,47)(H,43,44)(H,50,51)/t15-,18-,19-,20-,21-,22-/m0/s1. The third-order valence-corrected chi connectivity index (χ3v) is 7.11. The number of H-pyrrole nitrogens is 1. The number of nitrogens with two attached hydrogens (primary N) is 1. The summed E-state index contributed by atoms with van der Waals surface area (Å²) in [5.74, 6) is -8.80. The lowest BCUT2D eigenvalue weighted by atomic mass is 10.0. The minimum atomic E-state index is -1.70. The average molecular weight is 720 g/mol. The van der Waals surface area contributed by atoms with Gasteiger partial charge in [-0.25, -0.2) is 9.78 Å². The molecule has 1 aromatic carbocycles. The normalized spacial score (nSPS) is 14.3. The van der Waals surface area contributed by atoms with Crippen LogP contribution in [0.5, 0.6) is 0 Å². The van der Waals surface area contributed by atoms with Crippen LogP contribution in [0, 0.1) is 0 Å². The van der Waals surface area contributed by atoms with E-state index in [0.29, 0.717) is 11.3 Å². The number of hydrogen-bond acceptors (Lipinski definition) is 12. The van der Waals surface area contributed by atoms with E-state index in [1.165, 1.54) is 19.4 Å². The van der Waals surface area contributed by atoms with Gasteiger partial charge in [0.1, 0.15) is 36.3 Å². The smallest absolute Gasteiger partial charge is 0.328 e. The van der Waals surface area contributed by atoms with Crippen molar-refractivity contribution in [1.29, 1.82) is 0 Å². The fourth-order valence-corrected chi connectivity index (χ4v) is 4.39. The van der Waals surface area contributed by atoms with Gasteiger partial charge in [-0.2, -0.15) is 0 Å². The summed E-state index contributed by atoms with van der Waals surface area (Å²) in [7, 11) is 0. The summed E-state index contributed by atoms with van der Waals surface area (Å²) >= 11 is 0. The molecule has 0 unspecified atom stereocenters. The fraction of sp³-hybridized carbons (Fsp3) is 0.433. The van der Waals surface area contributed by atoms with E-state index in [9.17, 15) is 53.7 Å². The second-order valence-electron chi connectivity index (χ2n) is 11.1. The van der Waals surface area contributed by atoms with Gasteiger partial charge in [-0.05, 0) is 12.5 Å². The predicted octanol–water partition coefficient (Wildman–Crippen LogP) is -5.37. The van der Waals surface area contributed by atoms with Crippen molar-refractivity contribution < 1.29 is 58.8 Å². The number of carbonyl (C=O) groups is 8. The molecule has 0 saturated carbocycles. The number of imidazole rings is 1. The molecular formula is C30H41N9O12. The molecule has 51 heavy (non-hydrogen) atoms. The zero-order chi connectivity index (χ0) is 38.1. The van der Waals surface area contributed by atoms with Crippen molar-refractivity contribution >= 4 is 47.4 Å². The Bertz CT molecular complexity index is 1520. The molecule has 2 rings (SSSR count). The van der Waals surface area contributed by atoms with Crippen molar-refractivity contribution in [3.63, 3.8) is 0 Å². The predicted molar refractivity (Wildman–Crippen MR) is 173 cm³/mol. The molecule has 0 spiro atoms. The van der Waals surface area contributed by atoms with Gasteiger partial charge in [0, 0.05) is 24.7 Å². The maximum atomic E-state index is 13.4. The topological polar surface area (TPSA) is 344 Å². The highest BCUT2D eigenvalue weighted by atomic mass is 16.4. The Morgan fingerprint density at radius 3 is 1.76 bits per heavy atom. The molecule has 0 fully saturated rings. The number of nitrogens with zero attached hydrogens (tertiary/aromatic N) is 1. The summed E-state index contributed by atoms with van der Waals surface area (Å²) in [6.45, 7) is -1.24. The van der Waals surface area contributed by atoms with Gasteiger partial charge in [0.05, 0.1) is 32.5 Å². The lowest BCUT2D eigenvalue weighted by Gasteiger charge is -2.26. The van der Waals surface area contributed by atoms with Crippen molar-refractivity contribution in [2.24, 2.45) is 5.73 Å². The van der Waals surface area contributed by atoms with E-state index in [2.05, 4.69) is 41.9 Å². The van der Waals surface area contributed by atoms with Gasteiger partial charge in [-0.3, -0.25) is 33.6 Å². The molecule has 13 N–H and O–H groups in total. The highest BCUT2D eigenvalue weighted by Crippen LogP contribution is 2.06. The highest BCUT2D eigenvalue weighted by Gasteiger charge is 2.33. The van der Waals surface area contributed by atoms with Gasteiger partial charge in [0.25, 0.3) is 0 Å². The average Bonchev–Trinajstić information content (AvgIpc) is 3.61. The first-order chi connectivity index (χ1) is 24.2. The van der Waals surface area contributed by atoms with Crippen LogP contribution < -0.4 is 37.6 Å².